The Bertz CT molecular complexity index is 1350. The predicted octanol–water partition coefficient (Wildman–Crippen LogP) is 4.44. The van der Waals surface area contributed by atoms with Gasteiger partial charge in [-0.3, -0.25) is 9.59 Å². The van der Waals surface area contributed by atoms with Crippen molar-refractivity contribution in [2.45, 2.75) is 12.8 Å². The summed E-state index contributed by atoms with van der Waals surface area (Å²) in [6.45, 7) is 1.67. The minimum Gasteiger partial charge on any atom is -0.354 e. The Morgan fingerprint density at radius 3 is 2.38 bits per heavy atom. The molecule has 0 unspecified atom stereocenters. The molecule has 3 aromatic rings. The molecular formula is C30H31N5O2. The fourth-order valence-corrected chi connectivity index (χ4v) is 4.28. The van der Waals surface area contributed by atoms with Crippen LogP contribution in [0.1, 0.15) is 28.7 Å². The van der Waals surface area contributed by atoms with Gasteiger partial charge in [-0.2, -0.15) is 5.26 Å². The van der Waals surface area contributed by atoms with Crippen LogP contribution in [0.4, 0.5) is 11.4 Å². The second-order valence-electron chi connectivity index (χ2n) is 9.41. The van der Waals surface area contributed by atoms with Gasteiger partial charge in [0.05, 0.1) is 35.0 Å². The van der Waals surface area contributed by atoms with Crippen molar-refractivity contribution in [1.29, 1.82) is 5.26 Å². The van der Waals surface area contributed by atoms with Gasteiger partial charge in [0, 0.05) is 24.8 Å². The Morgan fingerprint density at radius 2 is 1.70 bits per heavy atom. The van der Waals surface area contributed by atoms with E-state index in [4.69, 9.17) is 0 Å². The summed E-state index contributed by atoms with van der Waals surface area (Å²) in [4.78, 5) is 29.6. The maximum Gasteiger partial charge on any atom is 0.258 e. The number of hydrogen-bond acceptors (Lipinski definition) is 5. The second kappa shape index (κ2) is 11.5. The molecule has 7 nitrogen and oxygen atoms in total. The lowest BCUT2D eigenvalue weighted by atomic mass is 9.99. The van der Waals surface area contributed by atoms with Crippen molar-refractivity contribution in [3.05, 3.63) is 95.1 Å². The molecule has 37 heavy (non-hydrogen) atoms. The van der Waals surface area contributed by atoms with Crippen LogP contribution >= 0.6 is 0 Å². The highest BCUT2D eigenvalue weighted by atomic mass is 16.2. The van der Waals surface area contributed by atoms with E-state index in [-0.39, 0.29) is 11.8 Å². The quantitative estimate of drug-likeness (QED) is 0.430. The molecule has 0 aromatic heterocycles. The number of rotatable bonds is 9. The van der Waals surface area contributed by atoms with Crippen LogP contribution in [0.5, 0.6) is 0 Å². The predicted molar refractivity (Wildman–Crippen MR) is 148 cm³/mol. The Hall–Kier alpha value is -4.41. The van der Waals surface area contributed by atoms with Crippen LogP contribution in [0.3, 0.4) is 0 Å². The summed E-state index contributed by atoms with van der Waals surface area (Å²) in [5.74, 6) is -0.140. The van der Waals surface area contributed by atoms with Gasteiger partial charge in [-0.05, 0) is 62.5 Å². The number of anilines is 2. The van der Waals surface area contributed by atoms with Gasteiger partial charge in [-0.15, -0.1) is 0 Å². The zero-order valence-electron chi connectivity index (χ0n) is 21.4. The van der Waals surface area contributed by atoms with Crippen LogP contribution in [-0.2, 0) is 16.0 Å². The molecule has 7 heteroatoms. The largest absolute Gasteiger partial charge is 0.354 e. The van der Waals surface area contributed by atoms with Crippen molar-refractivity contribution in [3.8, 4) is 6.07 Å². The molecule has 3 aromatic carbocycles. The minimum absolute atomic E-state index is 0.0857. The number of carbonyl (C=O) groups excluding carboxylic acids is 2. The molecule has 4 rings (SSSR count). The van der Waals surface area contributed by atoms with E-state index in [0.717, 1.165) is 41.9 Å². The zero-order chi connectivity index (χ0) is 26.4. The highest BCUT2D eigenvalue weighted by molar-refractivity contribution is 6.37. The number of carbonyl (C=O) groups is 2. The Labute approximate surface area is 218 Å². The van der Waals surface area contributed by atoms with E-state index in [9.17, 15) is 14.9 Å². The van der Waals surface area contributed by atoms with E-state index in [0.29, 0.717) is 28.9 Å². The van der Waals surface area contributed by atoms with Gasteiger partial charge in [0.15, 0.2) is 0 Å². The summed E-state index contributed by atoms with van der Waals surface area (Å²) in [7, 11) is 5.90. The van der Waals surface area contributed by atoms with E-state index in [1.807, 2.05) is 75.7 Å². The number of hydrogen-bond donors (Lipinski definition) is 2. The first kappa shape index (κ1) is 25.7. The van der Waals surface area contributed by atoms with Gasteiger partial charge in [0.1, 0.15) is 0 Å². The first-order valence-electron chi connectivity index (χ1n) is 12.3. The van der Waals surface area contributed by atoms with Crippen molar-refractivity contribution in [2.24, 2.45) is 0 Å². The number of likely N-dealkylation sites (N-methyl/N-ethyl adjacent to an activating group) is 1. The minimum atomic E-state index is -0.226. The summed E-state index contributed by atoms with van der Waals surface area (Å²) >= 11 is 0. The molecule has 1 aliphatic rings. The third-order valence-electron chi connectivity index (χ3n) is 6.31. The standard InChI is InChI=1S/C30H31N5O2/c1-34(2)16-7-17-35(3)27(36)19-21-10-13-24(14-11-21)32-29(23-8-5-4-6-9-23)28-25-15-12-22(20-31)18-26(25)33-30(28)37/h4-6,8-15,18,32H,7,16-17,19H2,1-3H3,(H,33,37). The van der Waals surface area contributed by atoms with Gasteiger partial charge in [-0.25, -0.2) is 0 Å². The van der Waals surface area contributed by atoms with Crippen LogP contribution in [0, 0.1) is 11.3 Å². The van der Waals surface area contributed by atoms with Gasteiger partial charge in [-0.1, -0.05) is 48.5 Å². The molecule has 2 N–H and O–H groups in total. The normalized spacial score (nSPS) is 13.5. The second-order valence-corrected chi connectivity index (χ2v) is 9.41. The third kappa shape index (κ3) is 6.24. The molecular weight excluding hydrogens is 462 g/mol. The first-order valence-corrected chi connectivity index (χ1v) is 12.3. The van der Waals surface area contributed by atoms with Crippen LogP contribution in [0.25, 0.3) is 11.3 Å². The van der Waals surface area contributed by atoms with Crippen LogP contribution < -0.4 is 10.6 Å². The highest BCUT2D eigenvalue weighted by Gasteiger charge is 2.28. The molecule has 0 radical (unpaired) electrons. The van der Waals surface area contributed by atoms with E-state index < -0.39 is 0 Å². The lowest BCUT2D eigenvalue weighted by Crippen LogP contribution is -2.30. The monoisotopic (exact) mass is 493 g/mol. The third-order valence-corrected chi connectivity index (χ3v) is 6.31. The lowest BCUT2D eigenvalue weighted by molar-refractivity contribution is -0.129. The highest BCUT2D eigenvalue weighted by Crippen LogP contribution is 2.38. The van der Waals surface area contributed by atoms with Gasteiger partial charge in [0.25, 0.3) is 5.91 Å². The summed E-state index contributed by atoms with van der Waals surface area (Å²) in [6, 6.07) is 24.7. The van der Waals surface area contributed by atoms with E-state index in [2.05, 4.69) is 21.6 Å². The molecule has 1 aliphatic heterocycles. The van der Waals surface area contributed by atoms with E-state index >= 15 is 0 Å². The molecule has 0 bridgehead atoms. The van der Waals surface area contributed by atoms with Crippen molar-refractivity contribution < 1.29 is 9.59 Å². The molecule has 0 atom stereocenters. The van der Waals surface area contributed by atoms with E-state index in [1.54, 1.807) is 23.1 Å². The lowest BCUT2D eigenvalue weighted by Gasteiger charge is -2.19. The fraction of sp³-hybridized carbons (Fsp3) is 0.233. The summed E-state index contributed by atoms with van der Waals surface area (Å²) in [5.41, 5.74) is 5.64. The molecule has 0 spiro atoms. The molecule has 0 saturated heterocycles. The Morgan fingerprint density at radius 1 is 0.973 bits per heavy atom. The molecule has 0 fully saturated rings. The first-order chi connectivity index (χ1) is 17.9. The van der Waals surface area contributed by atoms with Crippen molar-refractivity contribution in [1.82, 2.24) is 9.80 Å². The SMILES string of the molecule is CN(C)CCCN(C)C(=O)Cc1ccc(NC(=C2C(=O)Nc3cc(C#N)ccc32)c2ccccc2)cc1. The number of benzene rings is 3. The van der Waals surface area contributed by atoms with Crippen molar-refractivity contribution >= 4 is 34.5 Å². The zero-order valence-corrected chi connectivity index (χ0v) is 21.4. The summed E-state index contributed by atoms with van der Waals surface area (Å²) in [5, 5.41) is 15.6. The Balaban J connectivity index is 1.56. The number of amides is 2. The van der Waals surface area contributed by atoms with Crippen LogP contribution in [0.2, 0.25) is 0 Å². The van der Waals surface area contributed by atoms with Gasteiger partial charge >= 0.3 is 0 Å². The average molecular weight is 494 g/mol. The van der Waals surface area contributed by atoms with Crippen LogP contribution in [-0.4, -0.2) is 55.8 Å². The number of nitrogens with one attached hydrogen (secondary N) is 2. The Kier molecular flexibility index (Phi) is 8.02. The molecule has 2 amide bonds. The summed E-state index contributed by atoms with van der Waals surface area (Å²) in [6.07, 6.45) is 1.27. The molecule has 1 heterocycles. The maximum atomic E-state index is 13.1. The van der Waals surface area contributed by atoms with Gasteiger partial charge < -0.3 is 20.4 Å². The topological polar surface area (TPSA) is 88.5 Å². The fourth-order valence-electron chi connectivity index (χ4n) is 4.28. The average Bonchev–Trinajstić information content (AvgIpc) is 3.22. The maximum absolute atomic E-state index is 13.1. The molecule has 188 valence electrons. The molecule has 0 aliphatic carbocycles. The number of nitrogens with zero attached hydrogens (tertiary/aromatic N) is 3. The van der Waals surface area contributed by atoms with Crippen molar-refractivity contribution in [2.75, 3.05) is 44.9 Å². The van der Waals surface area contributed by atoms with Crippen molar-refractivity contribution in [3.63, 3.8) is 0 Å². The van der Waals surface area contributed by atoms with Crippen LogP contribution in [0.15, 0.2) is 72.8 Å². The van der Waals surface area contributed by atoms with E-state index in [1.165, 1.54) is 0 Å². The smallest absolute Gasteiger partial charge is 0.258 e. The number of fused-ring (bicyclic) bond motifs is 1. The number of nitriles is 1. The summed E-state index contributed by atoms with van der Waals surface area (Å²) < 4.78 is 0. The van der Waals surface area contributed by atoms with Gasteiger partial charge in [0.2, 0.25) is 5.91 Å². The molecule has 0 saturated carbocycles.